The Labute approximate surface area is 163 Å². The summed E-state index contributed by atoms with van der Waals surface area (Å²) in [5, 5.41) is 3.94. The first-order chi connectivity index (χ1) is 13.1. The predicted octanol–water partition coefficient (Wildman–Crippen LogP) is 5.00. The fourth-order valence-corrected chi connectivity index (χ4v) is 4.19. The number of methoxy groups -OCH3 is 1. The second kappa shape index (κ2) is 8.87. The molecule has 1 fully saturated rings. The highest BCUT2D eigenvalue weighted by atomic mass is 32.2. The predicted molar refractivity (Wildman–Crippen MR) is 105 cm³/mol. The summed E-state index contributed by atoms with van der Waals surface area (Å²) in [6, 6.07) is 13.1. The van der Waals surface area contributed by atoms with Crippen LogP contribution in [0.4, 0.5) is 4.39 Å². The maximum atomic E-state index is 14.3. The Morgan fingerprint density at radius 3 is 2.41 bits per heavy atom. The van der Waals surface area contributed by atoms with Gasteiger partial charge in [-0.2, -0.15) is 0 Å². The molecule has 0 aromatic heterocycles. The molecule has 3 rings (SSSR count). The van der Waals surface area contributed by atoms with Gasteiger partial charge < -0.3 is 14.3 Å². The van der Waals surface area contributed by atoms with Crippen molar-refractivity contribution in [3.05, 3.63) is 59.4 Å². The average Bonchev–Trinajstić information content (AvgIpc) is 2.69. The van der Waals surface area contributed by atoms with Gasteiger partial charge in [0.1, 0.15) is 12.9 Å². The third kappa shape index (κ3) is 4.69. The third-order valence-electron chi connectivity index (χ3n) is 4.82. The van der Waals surface area contributed by atoms with Gasteiger partial charge in [-0.3, -0.25) is 0 Å². The van der Waals surface area contributed by atoms with E-state index in [-0.39, 0.29) is 5.82 Å². The van der Waals surface area contributed by atoms with Crippen molar-refractivity contribution in [2.75, 3.05) is 27.4 Å². The number of rotatable bonds is 6. The van der Waals surface area contributed by atoms with Crippen LogP contribution in [0, 0.1) is 5.82 Å². The molecule has 27 heavy (non-hydrogen) atoms. The Morgan fingerprint density at radius 1 is 1.07 bits per heavy atom. The summed E-state index contributed by atoms with van der Waals surface area (Å²) in [5.41, 5.74) is 2.19. The monoisotopic (exact) mass is 389 g/mol. The third-order valence-corrected chi connectivity index (χ3v) is 5.80. The normalized spacial score (nSPS) is 17.0. The Morgan fingerprint density at radius 2 is 1.78 bits per heavy atom. The van der Waals surface area contributed by atoms with Crippen molar-refractivity contribution in [2.24, 2.45) is 5.16 Å². The summed E-state index contributed by atoms with van der Waals surface area (Å²) in [7, 11) is 3.21. The van der Waals surface area contributed by atoms with Gasteiger partial charge in [-0.05, 0) is 48.4 Å². The zero-order chi connectivity index (χ0) is 19.3. The SMILES string of the molecule is CO/N=C(\C)c1ccc(Sc2cc(F)cc(C3(OC)CCOCC3)c2)cc1. The molecule has 2 aromatic carbocycles. The zero-order valence-corrected chi connectivity index (χ0v) is 16.6. The summed E-state index contributed by atoms with van der Waals surface area (Å²) in [6.07, 6.45) is 1.45. The van der Waals surface area contributed by atoms with Crippen molar-refractivity contribution in [2.45, 2.75) is 35.2 Å². The molecule has 0 amide bonds. The summed E-state index contributed by atoms with van der Waals surface area (Å²) >= 11 is 1.52. The van der Waals surface area contributed by atoms with E-state index in [0.29, 0.717) is 13.2 Å². The maximum Gasteiger partial charge on any atom is 0.124 e. The quantitative estimate of drug-likeness (QED) is 0.515. The van der Waals surface area contributed by atoms with Crippen LogP contribution in [0.15, 0.2) is 57.4 Å². The molecule has 0 atom stereocenters. The van der Waals surface area contributed by atoms with Gasteiger partial charge in [-0.15, -0.1) is 0 Å². The second-order valence-corrected chi connectivity index (χ2v) is 7.62. The van der Waals surface area contributed by atoms with Crippen LogP contribution in [0.3, 0.4) is 0 Å². The van der Waals surface area contributed by atoms with Crippen LogP contribution in [-0.2, 0) is 19.9 Å². The van der Waals surface area contributed by atoms with Crippen molar-refractivity contribution in [3.8, 4) is 0 Å². The van der Waals surface area contributed by atoms with Crippen molar-refractivity contribution in [1.29, 1.82) is 0 Å². The van der Waals surface area contributed by atoms with E-state index in [1.54, 1.807) is 19.2 Å². The molecule has 6 heteroatoms. The van der Waals surface area contributed by atoms with E-state index in [2.05, 4.69) is 5.16 Å². The summed E-state index contributed by atoms with van der Waals surface area (Å²) in [4.78, 5) is 6.69. The van der Waals surface area contributed by atoms with E-state index in [1.165, 1.54) is 18.9 Å². The summed E-state index contributed by atoms with van der Waals surface area (Å²) in [5.74, 6) is -0.252. The minimum atomic E-state index is -0.479. The van der Waals surface area contributed by atoms with E-state index in [0.717, 1.165) is 39.5 Å². The molecule has 0 unspecified atom stereocenters. The lowest BCUT2D eigenvalue weighted by Gasteiger charge is -2.36. The van der Waals surface area contributed by atoms with Crippen molar-refractivity contribution < 1.29 is 18.7 Å². The fourth-order valence-electron chi connectivity index (χ4n) is 3.29. The molecule has 0 saturated carbocycles. The summed E-state index contributed by atoms with van der Waals surface area (Å²) < 4.78 is 25.6. The average molecular weight is 389 g/mol. The van der Waals surface area contributed by atoms with Gasteiger partial charge in [-0.25, -0.2) is 4.39 Å². The first kappa shape index (κ1) is 19.9. The number of hydrogen-bond acceptors (Lipinski definition) is 5. The second-order valence-electron chi connectivity index (χ2n) is 6.47. The molecule has 4 nitrogen and oxygen atoms in total. The number of nitrogens with zero attached hydrogens (tertiary/aromatic N) is 1. The number of benzene rings is 2. The van der Waals surface area contributed by atoms with Crippen LogP contribution in [0.1, 0.15) is 30.9 Å². The van der Waals surface area contributed by atoms with Crippen LogP contribution in [0.25, 0.3) is 0 Å². The lowest BCUT2D eigenvalue weighted by Crippen LogP contribution is -2.35. The molecular formula is C21H24FNO3S. The molecule has 0 aliphatic carbocycles. The molecule has 0 spiro atoms. The lowest BCUT2D eigenvalue weighted by molar-refractivity contribution is -0.0950. The highest BCUT2D eigenvalue weighted by Gasteiger charge is 2.35. The molecular weight excluding hydrogens is 365 g/mol. The van der Waals surface area contributed by atoms with E-state index in [9.17, 15) is 4.39 Å². The Bertz CT molecular complexity index is 802. The maximum absolute atomic E-state index is 14.3. The largest absolute Gasteiger partial charge is 0.399 e. The van der Waals surface area contributed by atoms with Crippen molar-refractivity contribution in [1.82, 2.24) is 0 Å². The van der Waals surface area contributed by atoms with Gasteiger partial charge in [0.25, 0.3) is 0 Å². The van der Waals surface area contributed by atoms with E-state index in [1.807, 2.05) is 37.3 Å². The molecule has 1 saturated heterocycles. The Balaban J connectivity index is 1.83. The number of ether oxygens (including phenoxy) is 2. The molecule has 0 radical (unpaired) electrons. The molecule has 144 valence electrons. The topological polar surface area (TPSA) is 40.0 Å². The smallest absolute Gasteiger partial charge is 0.124 e. The van der Waals surface area contributed by atoms with Crippen LogP contribution < -0.4 is 0 Å². The molecule has 1 aliphatic rings. The lowest BCUT2D eigenvalue weighted by atomic mass is 9.86. The van der Waals surface area contributed by atoms with E-state index >= 15 is 0 Å². The highest BCUT2D eigenvalue weighted by Crippen LogP contribution is 2.38. The first-order valence-corrected chi connectivity index (χ1v) is 9.68. The zero-order valence-electron chi connectivity index (χ0n) is 15.8. The minimum Gasteiger partial charge on any atom is -0.399 e. The van der Waals surface area contributed by atoms with Gasteiger partial charge in [0, 0.05) is 43.0 Å². The minimum absolute atomic E-state index is 0.252. The van der Waals surface area contributed by atoms with Crippen molar-refractivity contribution in [3.63, 3.8) is 0 Å². The summed E-state index contributed by atoms with van der Waals surface area (Å²) in [6.45, 7) is 3.13. The van der Waals surface area contributed by atoms with Crippen LogP contribution >= 0.6 is 11.8 Å². The standard InChI is InChI=1S/C21H24FNO3S/c1-15(23-25-3)16-4-6-19(7-5-16)27-20-13-17(12-18(22)14-20)21(24-2)8-10-26-11-9-21/h4-7,12-14H,8-11H2,1-3H3/b23-15+. The molecule has 0 bridgehead atoms. The Kier molecular flexibility index (Phi) is 6.52. The molecule has 2 aromatic rings. The van der Waals surface area contributed by atoms with Gasteiger partial charge in [-0.1, -0.05) is 29.1 Å². The number of oxime groups is 1. The van der Waals surface area contributed by atoms with Crippen molar-refractivity contribution >= 4 is 17.5 Å². The number of halogens is 1. The first-order valence-electron chi connectivity index (χ1n) is 8.86. The molecule has 1 heterocycles. The van der Waals surface area contributed by atoms with Crippen LogP contribution in [0.5, 0.6) is 0 Å². The van der Waals surface area contributed by atoms with Gasteiger partial charge in [0.2, 0.25) is 0 Å². The Hall–Kier alpha value is -1.89. The highest BCUT2D eigenvalue weighted by molar-refractivity contribution is 7.99. The van der Waals surface area contributed by atoms with Gasteiger partial charge in [0.15, 0.2) is 0 Å². The van der Waals surface area contributed by atoms with Gasteiger partial charge in [0.05, 0.1) is 11.3 Å². The van der Waals surface area contributed by atoms with Crippen LogP contribution in [-0.4, -0.2) is 33.1 Å². The van der Waals surface area contributed by atoms with Crippen LogP contribution in [0.2, 0.25) is 0 Å². The number of hydrogen-bond donors (Lipinski definition) is 0. The van der Waals surface area contributed by atoms with E-state index in [4.69, 9.17) is 14.3 Å². The molecule has 0 N–H and O–H groups in total. The van der Waals surface area contributed by atoms with Gasteiger partial charge >= 0.3 is 0 Å². The fraction of sp³-hybridized carbons (Fsp3) is 0.381. The molecule has 1 aliphatic heterocycles. The van der Waals surface area contributed by atoms with E-state index < -0.39 is 5.60 Å².